The van der Waals surface area contributed by atoms with E-state index in [1.165, 1.54) is 0 Å². The lowest BCUT2D eigenvalue weighted by Gasteiger charge is -2.33. The van der Waals surface area contributed by atoms with Crippen molar-refractivity contribution in [2.24, 2.45) is 0 Å². The summed E-state index contributed by atoms with van der Waals surface area (Å²) in [6.45, 7) is 4.25. The largest absolute Gasteiger partial charge is 0.337 e. The molecule has 17 heavy (non-hydrogen) atoms. The van der Waals surface area contributed by atoms with Gasteiger partial charge in [0.25, 0.3) is 0 Å². The van der Waals surface area contributed by atoms with E-state index in [0.29, 0.717) is 5.95 Å². The number of benzene rings is 1. The number of aromatic nitrogens is 3. The average molecular weight is 295 g/mol. The second-order valence-corrected chi connectivity index (χ2v) is 5.17. The minimum Gasteiger partial charge on any atom is -0.337 e. The van der Waals surface area contributed by atoms with Gasteiger partial charge in [0.1, 0.15) is 5.52 Å². The summed E-state index contributed by atoms with van der Waals surface area (Å²) in [7, 11) is 1.98. The van der Waals surface area contributed by atoms with E-state index in [2.05, 4.69) is 45.0 Å². The normalized spacial score (nSPS) is 11.8. The van der Waals surface area contributed by atoms with Crippen LogP contribution in [0.1, 0.15) is 13.8 Å². The van der Waals surface area contributed by atoms with Gasteiger partial charge in [-0.3, -0.25) is 0 Å². The highest BCUT2D eigenvalue weighted by atomic mass is 79.9. The first-order valence-electron chi connectivity index (χ1n) is 5.44. The van der Waals surface area contributed by atoms with E-state index in [4.69, 9.17) is 0 Å². The van der Waals surface area contributed by atoms with E-state index in [-0.39, 0.29) is 5.54 Å². The molecule has 0 aliphatic heterocycles. The van der Waals surface area contributed by atoms with Gasteiger partial charge in [-0.05, 0) is 26.0 Å². The molecule has 0 bridgehead atoms. The van der Waals surface area contributed by atoms with E-state index in [1.807, 2.05) is 36.2 Å². The van der Waals surface area contributed by atoms with Gasteiger partial charge in [0, 0.05) is 17.9 Å². The molecule has 0 fully saturated rings. The third-order valence-corrected chi connectivity index (χ3v) is 4.26. The van der Waals surface area contributed by atoms with Crippen LogP contribution in [0.2, 0.25) is 0 Å². The maximum atomic E-state index is 4.52. The van der Waals surface area contributed by atoms with Gasteiger partial charge in [0.15, 0.2) is 0 Å². The molecule has 1 aromatic carbocycles. The number of alkyl halides is 1. The molecule has 1 heterocycles. The summed E-state index contributed by atoms with van der Waals surface area (Å²) in [5.41, 5.74) is 1.64. The number of anilines is 1. The van der Waals surface area contributed by atoms with Gasteiger partial charge in [-0.15, -0.1) is 10.2 Å². The SMILES string of the molecule is CN(c1nnc2ccccc2n1)C(C)(C)CBr. The van der Waals surface area contributed by atoms with Crippen molar-refractivity contribution >= 4 is 32.9 Å². The monoisotopic (exact) mass is 294 g/mol. The van der Waals surface area contributed by atoms with E-state index >= 15 is 0 Å². The van der Waals surface area contributed by atoms with E-state index in [0.717, 1.165) is 16.4 Å². The van der Waals surface area contributed by atoms with Crippen LogP contribution >= 0.6 is 15.9 Å². The minimum absolute atomic E-state index is 0.0515. The Labute approximate surface area is 109 Å². The van der Waals surface area contributed by atoms with Crippen LogP contribution < -0.4 is 4.90 Å². The van der Waals surface area contributed by atoms with Crippen LogP contribution in [0.3, 0.4) is 0 Å². The molecule has 0 amide bonds. The minimum atomic E-state index is -0.0515. The van der Waals surface area contributed by atoms with Gasteiger partial charge in [0.05, 0.1) is 5.52 Å². The molecular weight excluding hydrogens is 280 g/mol. The van der Waals surface area contributed by atoms with Gasteiger partial charge < -0.3 is 4.90 Å². The molecule has 2 rings (SSSR count). The van der Waals surface area contributed by atoms with Gasteiger partial charge in [-0.2, -0.15) is 0 Å². The molecule has 1 aromatic heterocycles. The molecule has 0 N–H and O–H groups in total. The number of fused-ring (bicyclic) bond motifs is 1. The van der Waals surface area contributed by atoms with E-state index in [9.17, 15) is 0 Å². The summed E-state index contributed by atoms with van der Waals surface area (Å²) in [4.78, 5) is 6.55. The maximum Gasteiger partial charge on any atom is 0.246 e. The highest BCUT2D eigenvalue weighted by Crippen LogP contribution is 2.21. The molecule has 0 radical (unpaired) electrons. The molecular formula is C12H15BrN4. The van der Waals surface area contributed by atoms with Gasteiger partial charge >= 0.3 is 0 Å². The Hall–Kier alpha value is -1.23. The van der Waals surface area contributed by atoms with Gasteiger partial charge in [0.2, 0.25) is 5.95 Å². The number of hydrogen-bond donors (Lipinski definition) is 0. The number of halogens is 1. The summed E-state index contributed by atoms with van der Waals surface area (Å²) >= 11 is 3.50. The van der Waals surface area contributed by atoms with Crippen molar-refractivity contribution in [3.8, 4) is 0 Å². The van der Waals surface area contributed by atoms with Crippen LogP contribution in [-0.2, 0) is 0 Å². The zero-order chi connectivity index (χ0) is 12.5. The summed E-state index contributed by atoms with van der Waals surface area (Å²) in [5, 5.41) is 9.19. The zero-order valence-corrected chi connectivity index (χ0v) is 11.8. The number of nitrogens with zero attached hydrogens (tertiary/aromatic N) is 4. The third kappa shape index (κ3) is 2.39. The highest BCUT2D eigenvalue weighted by Gasteiger charge is 2.24. The Morgan fingerprint density at radius 1 is 1.18 bits per heavy atom. The van der Waals surface area contributed by atoms with Crippen LogP contribution in [0.25, 0.3) is 11.0 Å². The van der Waals surface area contributed by atoms with Crippen LogP contribution in [-0.4, -0.2) is 33.1 Å². The molecule has 5 heteroatoms. The van der Waals surface area contributed by atoms with Crippen molar-refractivity contribution in [2.75, 3.05) is 17.3 Å². The molecule has 4 nitrogen and oxygen atoms in total. The molecule has 2 aromatic rings. The second-order valence-electron chi connectivity index (χ2n) is 4.61. The fourth-order valence-corrected chi connectivity index (χ4v) is 1.75. The number of para-hydroxylation sites is 1. The Morgan fingerprint density at radius 3 is 2.47 bits per heavy atom. The van der Waals surface area contributed by atoms with Crippen LogP contribution in [0, 0.1) is 0 Å². The quantitative estimate of drug-likeness (QED) is 0.816. The van der Waals surface area contributed by atoms with Crippen LogP contribution in [0.4, 0.5) is 5.95 Å². The molecule has 0 aliphatic rings. The highest BCUT2D eigenvalue weighted by molar-refractivity contribution is 9.09. The smallest absolute Gasteiger partial charge is 0.246 e. The molecule has 0 spiro atoms. The molecule has 0 saturated heterocycles. The molecule has 0 atom stereocenters. The standard InChI is InChI=1S/C12H15BrN4/c1-12(2,8-13)17(3)11-14-9-6-4-5-7-10(9)15-16-11/h4-7H,8H2,1-3H3. The maximum absolute atomic E-state index is 4.52. The summed E-state index contributed by atoms with van der Waals surface area (Å²) in [6.07, 6.45) is 0. The van der Waals surface area contributed by atoms with Gasteiger partial charge in [-0.25, -0.2) is 4.98 Å². The van der Waals surface area contributed by atoms with Crippen molar-refractivity contribution in [3.63, 3.8) is 0 Å². The first-order valence-corrected chi connectivity index (χ1v) is 6.56. The Balaban J connectivity index is 2.43. The molecule has 90 valence electrons. The van der Waals surface area contributed by atoms with E-state index in [1.54, 1.807) is 0 Å². The van der Waals surface area contributed by atoms with Crippen LogP contribution in [0.15, 0.2) is 24.3 Å². The predicted octanol–water partition coefficient (Wildman–Crippen LogP) is 2.63. The molecule has 0 unspecified atom stereocenters. The first-order chi connectivity index (χ1) is 8.04. The summed E-state index contributed by atoms with van der Waals surface area (Å²) in [5.74, 6) is 0.646. The summed E-state index contributed by atoms with van der Waals surface area (Å²) < 4.78 is 0. The Bertz CT molecular complexity index is 527. The van der Waals surface area contributed by atoms with Crippen LogP contribution in [0.5, 0.6) is 0 Å². The topological polar surface area (TPSA) is 41.9 Å². The first kappa shape index (κ1) is 12.2. The number of hydrogen-bond acceptors (Lipinski definition) is 4. The fourth-order valence-electron chi connectivity index (χ4n) is 1.37. The lowest BCUT2D eigenvalue weighted by molar-refractivity contribution is 0.539. The fraction of sp³-hybridized carbons (Fsp3) is 0.417. The van der Waals surface area contributed by atoms with Gasteiger partial charge in [-0.1, -0.05) is 28.1 Å². The lowest BCUT2D eigenvalue weighted by atomic mass is 10.1. The summed E-state index contributed by atoms with van der Waals surface area (Å²) in [6, 6.07) is 7.75. The van der Waals surface area contributed by atoms with E-state index < -0.39 is 0 Å². The third-order valence-electron chi connectivity index (χ3n) is 2.88. The molecule has 0 saturated carbocycles. The molecule has 0 aliphatic carbocycles. The van der Waals surface area contributed by atoms with Crippen molar-refractivity contribution in [2.45, 2.75) is 19.4 Å². The second kappa shape index (κ2) is 4.56. The zero-order valence-electron chi connectivity index (χ0n) is 10.2. The Morgan fingerprint density at radius 2 is 1.82 bits per heavy atom. The predicted molar refractivity (Wildman–Crippen MR) is 73.6 cm³/mol. The van der Waals surface area contributed by atoms with Crippen molar-refractivity contribution in [1.82, 2.24) is 15.2 Å². The van der Waals surface area contributed by atoms with Crippen molar-refractivity contribution in [3.05, 3.63) is 24.3 Å². The van der Waals surface area contributed by atoms with Crippen molar-refractivity contribution in [1.29, 1.82) is 0 Å². The van der Waals surface area contributed by atoms with Crippen molar-refractivity contribution < 1.29 is 0 Å². The average Bonchev–Trinajstić information content (AvgIpc) is 2.37. The lowest BCUT2D eigenvalue weighted by Crippen LogP contribution is -2.43. The Kier molecular flexibility index (Phi) is 3.28. The number of rotatable bonds is 3.